The number of rotatable bonds is 3. The van der Waals surface area contributed by atoms with E-state index in [0.29, 0.717) is 23.8 Å². The van der Waals surface area contributed by atoms with Crippen LogP contribution in [0.1, 0.15) is 29.0 Å². The zero-order chi connectivity index (χ0) is 10.8. The lowest BCUT2D eigenvalue weighted by Crippen LogP contribution is -2.38. The lowest BCUT2D eigenvalue weighted by molar-refractivity contribution is 0.0420. The smallest absolute Gasteiger partial charge is 0.254 e. The van der Waals surface area contributed by atoms with Crippen molar-refractivity contribution >= 4 is 5.91 Å². The van der Waals surface area contributed by atoms with Crippen molar-refractivity contribution in [1.29, 1.82) is 0 Å². The van der Waals surface area contributed by atoms with Crippen LogP contribution in [0.4, 0.5) is 0 Å². The van der Waals surface area contributed by atoms with Crippen LogP contribution in [0.25, 0.3) is 0 Å². The molecule has 0 spiro atoms. The van der Waals surface area contributed by atoms with E-state index in [0.717, 1.165) is 12.8 Å². The number of aryl methyl sites for hydroxylation is 1. The van der Waals surface area contributed by atoms with Crippen LogP contribution < -0.4 is 5.32 Å². The Morgan fingerprint density at radius 2 is 2.40 bits per heavy atom. The standard InChI is InChI=1S/C11H15NO3/c1-7-10(2-3-15-7)11(14)12-6-8-4-9(13)5-8/h2-3,8-9,13H,4-6H2,1H3,(H,12,14). The molecule has 0 unspecified atom stereocenters. The van der Waals surface area contributed by atoms with E-state index in [-0.39, 0.29) is 12.0 Å². The van der Waals surface area contributed by atoms with E-state index in [1.165, 1.54) is 6.26 Å². The van der Waals surface area contributed by atoms with Gasteiger partial charge in [0.25, 0.3) is 5.91 Å². The first kappa shape index (κ1) is 10.2. The Bertz CT molecular complexity index is 352. The van der Waals surface area contributed by atoms with Crippen molar-refractivity contribution in [3.05, 3.63) is 23.7 Å². The molecule has 1 amide bonds. The molecule has 15 heavy (non-hydrogen) atoms. The van der Waals surface area contributed by atoms with Crippen LogP contribution in [-0.2, 0) is 0 Å². The summed E-state index contributed by atoms with van der Waals surface area (Å²) in [6.07, 6.45) is 2.94. The maximum atomic E-state index is 11.6. The molecule has 2 rings (SSSR count). The summed E-state index contributed by atoms with van der Waals surface area (Å²) in [5, 5.41) is 11.9. The minimum absolute atomic E-state index is 0.0948. The zero-order valence-corrected chi connectivity index (χ0v) is 8.69. The van der Waals surface area contributed by atoms with Crippen molar-refractivity contribution in [2.75, 3.05) is 6.54 Å². The third-order valence-corrected chi connectivity index (χ3v) is 2.87. The molecule has 0 atom stereocenters. The van der Waals surface area contributed by atoms with E-state index in [1.807, 2.05) is 0 Å². The Hall–Kier alpha value is -1.29. The highest BCUT2D eigenvalue weighted by Gasteiger charge is 2.27. The Labute approximate surface area is 88.3 Å². The van der Waals surface area contributed by atoms with Crippen LogP contribution in [0.3, 0.4) is 0 Å². The lowest BCUT2D eigenvalue weighted by Gasteiger charge is -2.31. The molecule has 4 heteroatoms. The molecule has 1 aromatic heterocycles. The van der Waals surface area contributed by atoms with Crippen LogP contribution in [0.5, 0.6) is 0 Å². The molecule has 1 fully saturated rings. The molecule has 4 nitrogen and oxygen atoms in total. The summed E-state index contributed by atoms with van der Waals surface area (Å²) < 4.78 is 5.05. The number of aliphatic hydroxyl groups is 1. The van der Waals surface area contributed by atoms with E-state index >= 15 is 0 Å². The predicted molar refractivity (Wildman–Crippen MR) is 54.5 cm³/mol. The van der Waals surface area contributed by atoms with Gasteiger partial charge in [0.15, 0.2) is 0 Å². The maximum Gasteiger partial charge on any atom is 0.254 e. The van der Waals surface area contributed by atoms with E-state index in [4.69, 9.17) is 9.52 Å². The molecular weight excluding hydrogens is 194 g/mol. The number of carbonyl (C=O) groups excluding carboxylic acids is 1. The van der Waals surface area contributed by atoms with Crippen molar-refractivity contribution in [3.63, 3.8) is 0 Å². The fourth-order valence-electron chi connectivity index (χ4n) is 1.82. The molecule has 1 aliphatic carbocycles. The van der Waals surface area contributed by atoms with Gasteiger partial charge in [0, 0.05) is 6.54 Å². The van der Waals surface area contributed by atoms with Gasteiger partial charge in [0.05, 0.1) is 17.9 Å². The van der Waals surface area contributed by atoms with Gasteiger partial charge in [0.2, 0.25) is 0 Å². The number of hydrogen-bond acceptors (Lipinski definition) is 3. The largest absolute Gasteiger partial charge is 0.469 e. The maximum absolute atomic E-state index is 11.6. The van der Waals surface area contributed by atoms with Crippen LogP contribution in [0.15, 0.2) is 16.7 Å². The van der Waals surface area contributed by atoms with Crippen LogP contribution in [0, 0.1) is 12.8 Å². The lowest BCUT2D eigenvalue weighted by atomic mass is 9.82. The van der Waals surface area contributed by atoms with Gasteiger partial charge in [-0.1, -0.05) is 0 Å². The molecule has 82 valence electrons. The molecule has 2 N–H and O–H groups in total. The minimum atomic E-state index is -0.164. The molecule has 1 saturated carbocycles. The SMILES string of the molecule is Cc1occc1C(=O)NCC1CC(O)C1. The Morgan fingerprint density at radius 3 is 2.93 bits per heavy atom. The molecular formula is C11H15NO3. The van der Waals surface area contributed by atoms with Gasteiger partial charge in [0.1, 0.15) is 5.76 Å². The number of furan rings is 1. The summed E-state index contributed by atoms with van der Waals surface area (Å²) in [4.78, 5) is 11.6. The highest BCUT2D eigenvalue weighted by molar-refractivity contribution is 5.95. The third kappa shape index (κ3) is 2.21. The van der Waals surface area contributed by atoms with Crippen molar-refractivity contribution in [3.8, 4) is 0 Å². The van der Waals surface area contributed by atoms with Crippen LogP contribution in [0.2, 0.25) is 0 Å². The van der Waals surface area contributed by atoms with Gasteiger partial charge in [-0.25, -0.2) is 0 Å². The molecule has 0 aromatic carbocycles. The van der Waals surface area contributed by atoms with Gasteiger partial charge in [-0.05, 0) is 31.7 Å². The molecule has 0 radical (unpaired) electrons. The average Bonchev–Trinajstić information content (AvgIpc) is 2.57. The average molecular weight is 209 g/mol. The summed E-state index contributed by atoms with van der Waals surface area (Å²) in [6, 6.07) is 1.67. The summed E-state index contributed by atoms with van der Waals surface area (Å²) in [5.41, 5.74) is 0.592. The summed E-state index contributed by atoms with van der Waals surface area (Å²) in [7, 11) is 0. The Kier molecular flexibility index (Phi) is 2.77. The number of aliphatic hydroxyl groups excluding tert-OH is 1. The van der Waals surface area contributed by atoms with Crippen molar-refractivity contribution < 1.29 is 14.3 Å². The summed E-state index contributed by atoms with van der Waals surface area (Å²) >= 11 is 0. The molecule has 0 aliphatic heterocycles. The van der Waals surface area contributed by atoms with Crippen molar-refractivity contribution in [2.45, 2.75) is 25.9 Å². The topological polar surface area (TPSA) is 62.5 Å². The number of nitrogens with one attached hydrogen (secondary N) is 1. The number of hydrogen-bond donors (Lipinski definition) is 2. The second-order valence-corrected chi connectivity index (χ2v) is 4.09. The summed E-state index contributed by atoms with van der Waals surface area (Å²) in [6.45, 7) is 2.41. The van der Waals surface area contributed by atoms with Gasteiger partial charge in [-0.15, -0.1) is 0 Å². The minimum Gasteiger partial charge on any atom is -0.469 e. The van der Waals surface area contributed by atoms with Crippen molar-refractivity contribution in [1.82, 2.24) is 5.32 Å². The van der Waals surface area contributed by atoms with E-state index in [2.05, 4.69) is 5.32 Å². The molecule has 1 heterocycles. The second-order valence-electron chi connectivity index (χ2n) is 4.09. The molecule has 0 bridgehead atoms. The monoisotopic (exact) mass is 209 g/mol. The fourth-order valence-corrected chi connectivity index (χ4v) is 1.82. The highest BCUT2D eigenvalue weighted by Crippen LogP contribution is 2.26. The highest BCUT2D eigenvalue weighted by atomic mass is 16.3. The summed E-state index contributed by atoms with van der Waals surface area (Å²) in [5.74, 6) is 0.972. The second kappa shape index (κ2) is 4.06. The van der Waals surface area contributed by atoms with E-state index in [1.54, 1.807) is 13.0 Å². The first-order valence-electron chi connectivity index (χ1n) is 5.17. The number of carbonyl (C=O) groups is 1. The van der Waals surface area contributed by atoms with Gasteiger partial charge in [-0.2, -0.15) is 0 Å². The third-order valence-electron chi connectivity index (χ3n) is 2.87. The first-order chi connectivity index (χ1) is 7.16. The molecule has 0 saturated heterocycles. The Morgan fingerprint density at radius 1 is 1.67 bits per heavy atom. The predicted octanol–water partition coefficient (Wildman–Crippen LogP) is 1.09. The fraction of sp³-hybridized carbons (Fsp3) is 0.545. The van der Waals surface area contributed by atoms with Gasteiger partial charge >= 0.3 is 0 Å². The van der Waals surface area contributed by atoms with Crippen LogP contribution in [-0.4, -0.2) is 23.7 Å². The van der Waals surface area contributed by atoms with Crippen LogP contribution >= 0.6 is 0 Å². The number of amides is 1. The molecule has 1 aromatic rings. The zero-order valence-electron chi connectivity index (χ0n) is 8.69. The van der Waals surface area contributed by atoms with E-state index < -0.39 is 0 Å². The first-order valence-corrected chi connectivity index (χ1v) is 5.17. The molecule has 1 aliphatic rings. The quantitative estimate of drug-likeness (QED) is 0.783. The normalized spacial score (nSPS) is 24.7. The van der Waals surface area contributed by atoms with Gasteiger partial charge in [-0.3, -0.25) is 4.79 Å². The van der Waals surface area contributed by atoms with Crippen molar-refractivity contribution in [2.24, 2.45) is 5.92 Å². The Balaban J connectivity index is 1.80. The van der Waals surface area contributed by atoms with E-state index in [9.17, 15) is 4.79 Å². The van der Waals surface area contributed by atoms with Gasteiger partial charge < -0.3 is 14.8 Å².